The van der Waals surface area contributed by atoms with Crippen molar-refractivity contribution in [2.24, 2.45) is 11.7 Å². The molecule has 166 valence electrons. The molecule has 2 aliphatic heterocycles. The summed E-state index contributed by atoms with van der Waals surface area (Å²) in [4.78, 5) is 25.5. The van der Waals surface area contributed by atoms with Crippen LogP contribution in [0.5, 0.6) is 0 Å². The van der Waals surface area contributed by atoms with Crippen LogP contribution in [0.4, 0.5) is 0 Å². The smallest absolute Gasteiger partial charge is 0.261 e. The molecule has 1 atom stereocenters. The van der Waals surface area contributed by atoms with Crippen LogP contribution in [-0.4, -0.2) is 42.2 Å². The number of hydrogen-bond donors (Lipinski definition) is 3. The van der Waals surface area contributed by atoms with Gasteiger partial charge in [-0.2, -0.15) is 8.42 Å². The Kier molecular flexibility index (Phi) is 5.72. The zero-order valence-corrected chi connectivity index (χ0v) is 18.2. The summed E-state index contributed by atoms with van der Waals surface area (Å²) in [5, 5.41) is 3.51. The number of amides is 2. The van der Waals surface area contributed by atoms with E-state index in [1.54, 1.807) is 0 Å². The topological polar surface area (TPSA) is 131 Å². The third kappa shape index (κ3) is 4.10. The fourth-order valence-electron chi connectivity index (χ4n) is 4.38. The van der Waals surface area contributed by atoms with Crippen LogP contribution < -0.4 is 11.1 Å². The number of aromatic nitrogens is 1. The fourth-order valence-corrected chi connectivity index (χ4v) is 4.38. The zero-order valence-electron chi connectivity index (χ0n) is 17.4. The first-order valence-electron chi connectivity index (χ1n) is 10.1. The molecule has 0 spiro atoms. The van der Waals surface area contributed by atoms with E-state index in [2.05, 4.69) is 16.0 Å². The molecule has 32 heavy (non-hydrogen) atoms. The highest BCUT2D eigenvalue weighted by atomic mass is 32.2. The van der Waals surface area contributed by atoms with Crippen molar-refractivity contribution in [1.29, 1.82) is 0 Å². The second-order valence-electron chi connectivity index (χ2n) is 7.89. The van der Waals surface area contributed by atoms with Gasteiger partial charge >= 0.3 is 0 Å². The van der Waals surface area contributed by atoms with E-state index >= 15 is 0 Å². The Labute approximate surface area is 185 Å². The molecule has 2 aliphatic rings. The van der Waals surface area contributed by atoms with Crippen LogP contribution in [0.15, 0.2) is 54.6 Å². The van der Waals surface area contributed by atoms with Gasteiger partial charge in [0.05, 0.1) is 17.4 Å². The molecule has 0 radical (unpaired) electrons. The van der Waals surface area contributed by atoms with Gasteiger partial charge < -0.3 is 10.3 Å². The molecule has 0 aliphatic carbocycles. The maximum atomic E-state index is 12.8. The highest BCUT2D eigenvalue weighted by molar-refractivity contribution is 7.85. The molecule has 0 saturated carbocycles. The van der Waals surface area contributed by atoms with Gasteiger partial charge in [0.25, 0.3) is 21.9 Å². The molecule has 0 unspecified atom stereocenters. The molecule has 5 rings (SSSR count). The van der Waals surface area contributed by atoms with E-state index in [1.165, 1.54) is 0 Å². The molecule has 0 fully saturated rings. The van der Waals surface area contributed by atoms with E-state index in [9.17, 15) is 18.0 Å². The molecule has 9 heteroatoms. The number of nitrogens with one attached hydrogen (secondary N) is 1. The maximum Gasteiger partial charge on any atom is 0.261 e. The van der Waals surface area contributed by atoms with Gasteiger partial charge in [0, 0.05) is 28.7 Å². The Morgan fingerprint density at radius 2 is 1.62 bits per heavy atom. The Hall–Kier alpha value is -3.27. The number of carbonyl (C=O) groups excluding carboxylic acids is 2. The largest absolute Gasteiger partial charge is 0.344 e. The van der Waals surface area contributed by atoms with Crippen LogP contribution in [0.2, 0.25) is 0 Å². The number of para-hydroxylation sites is 1. The normalized spacial score (nSPS) is 17.9. The van der Waals surface area contributed by atoms with Gasteiger partial charge in [-0.05, 0) is 30.5 Å². The Bertz CT molecular complexity index is 1350. The van der Waals surface area contributed by atoms with Crippen molar-refractivity contribution in [2.45, 2.75) is 13.0 Å². The Morgan fingerprint density at radius 3 is 2.28 bits per heavy atom. The second kappa shape index (κ2) is 8.34. The number of imide groups is 1. The highest BCUT2D eigenvalue weighted by Gasteiger charge is 2.37. The minimum Gasteiger partial charge on any atom is -0.344 e. The van der Waals surface area contributed by atoms with E-state index in [0.29, 0.717) is 29.9 Å². The lowest BCUT2D eigenvalue weighted by Crippen LogP contribution is -2.23. The quantitative estimate of drug-likeness (QED) is 0.410. The molecule has 2 aromatic carbocycles. The van der Waals surface area contributed by atoms with Gasteiger partial charge in [-0.15, -0.1) is 0 Å². The van der Waals surface area contributed by atoms with Gasteiger partial charge in [0.15, 0.2) is 0 Å². The molecule has 1 aromatic heterocycles. The van der Waals surface area contributed by atoms with E-state index in [-0.39, 0.29) is 11.8 Å². The lowest BCUT2D eigenvalue weighted by Gasteiger charge is -2.08. The molecule has 0 bridgehead atoms. The average Bonchev–Trinajstić information content (AvgIpc) is 3.37. The van der Waals surface area contributed by atoms with Crippen molar-refractivity contribution in [3.63, 3.8) is 0 Å². The van der Waals surface area contributed by atoms with Gasteiger partial charge in [-0.1, -0.05) is 48.5 Å². The SMILES string of the molecule is CS(=O)(=O)O.NC[C@H]1Cc2c(C3=C(c4ccccc4)C(=O)NC3=O)c3ccccc3n2C1. The zero-order chi connectivity index (χ0) is 23.0. The molecule has 2 amide bonds. The second-order valence-corrected chi connectivity index (χ2v) is 9.35. The van der Waals surface area contributed by atoms with Crippen LogP contribution >= 0.6 is 0 Å². The summed E-state index contributed by atoms with van der Waals surface area (Å²) in [5.74, 6) is -0.308. The number of fused-ring (bicyclic) bond motifs is 3. The third-order valence-corrected chi connectivity index (χ3v) is 5.58. The minimum atomic E-state index is -3.67. The molecule has 3 heterocycles. The number of rotatable bonds is 3. The Balaban J connectivity index is 0.000000444. The number of benzene rings is 2. The molecular formula is C23H23N3O5S. The summed E-state index contributed by atoms with van der Waals surface area (Å²) in [6.45, 7) is 1.45. The average molecular weight is 454 g/mol. The summed E-state index contributed by atoms with van der Waals surface area (Å²) < 4.78 is 28.1. The van der Waals surface area contributed by atoms with Crippen LogP contribution in [0.1, 0.15) is 16.8 Å². The first-order chi connectivity index (χ1) is 15.2. The first-order valence-corrected chi connectivity index (χ1v) is 11.9. The summed E-state index contributed by atoms with van der Waals surface area (Å²) in [5.41, 5.74) is 10.7. The number of carbonyl (C=O) groups is 2. The van der Waals surface area contributed by atoms with Crippen molar-refractivity contribution in [3.8, 4) is 0 Å². The number of nitrogens with two attached hydrogens (primary N) is 1. The van der Waals surface area contributed by atoms with Crippen LogP contribution in [0.25, 0.3) is 22.0 Å². The monoisotopic (exact) mass is 453 g/mol. The number of hydrogen-bond acceptors (Lipinski definition) is 5. The summed E-state index contributed by atoms with van der Waals surface area (Å²) in [6, 6.07) is 17.5. The van der Waals surface area contributed by atoms with Crippen LogP contribution in [0, 0.1) is 5.92 Å². The summed E-state index contributed by atoms with van der Waals surface area (Å²) >= 11 is 0. The van der Waals surface area contributed by atoms with Crippen molar-refractivity contribution in [2.75, 3.05) is 12.8 Å². The number of nitrogens with zero attached hydrogens (tertiary/aromatic N) is 1. The molecular weight excluding hydrogens is 430 g/mol. The lowest BCUT2D eigenvalue weighted by atomic mass is 9.92. The maximum absolute atomic E-state index is 12.8. The third-order valence-electron chi connectivity index (χ3n) is 5.58. The van der Waals surface area contributed by atoms with Gasteiger partial charge in [-0.3, -0.25) is 19.5 Å². The van der Waals surface area contributed by atoms with Crippen molar-refractivity contribution in [1.82, 2.24) is 9.88 Å². The van der Waals surface area contributed by atoms with Crippen molar-refractivity contribution < 1.29 is 22.6 Å². The molecule has 3 aromatic rings. The highest BCUT2D eigenvalue weighted by Crippen LogP contribution is 2.41. The van der Waals surface area contributed by atoms with Gasteiger partial charge in [-0.25, -0.2) is 0 Å². The molecule has 4 N–H and O–H groups in total. The van der Waals surface area contributed by atoms with Gasteiger partial charge in [0.1, 0.15) is 0 Å². The van der Waals surface area contributed by atoms with E-state index in [0.717, 1.165) is 40.7 Å². The van der Waals surface area contributed by atoms with E-state index < -0.39 is 10.1 Å². The minimum absolute atomic E-state index is 0.325. The Morgan fingerprint density at radius 1 is 1.03 bits per heavy atom. The molecule has 8 nitrogen and oxygen atoms in total. The summed E-state index contributed by atoms with van der Waals surface area (Å²) in [6.07, 6.45) is 1.53. The van der Waals surface area contributed by atoms with Crippen molar-refractivity contribution in [3.05, 3.63) is 71.4 Å². The standard InChI is InChI=1S/C22H19N3O2.CH4O3S/c23-11-13-10-17-19(15-8-4-5-9-16(15)25(17)12-13)20-18(21(26)24-22(20)27)14-6-2-1-3-7-14;1-5(2,3)4/h1-9,13H,10-12,23H2,(H,24,26,27);1H3,(H,2,3,4)/t13-;/m1./s1. The predicted molar refractivity (Wildman–Crippen MR) is 122 cm³/mol. The predicted octanol–water partition coefficient (Wildman–Crippen LogP) is 1.84. The molecule has 0 saturated heterocycles. The van der Waals surface area contributed by atoms with E-state index in [4.69, 9.17) is 10.3 Å². The van der Waals surface area contributed by atoms with Crippen molar-refractivity contribution >= 4 is 44.0 Å². The van der Waals surface area contributed by atoms with Crippen LogP contribution in [-0.2, 0) is 32.7 Å². The van der Waals surface area contributed by atoms with E-state index in [1.807, 2.05) is 48.5 Å². The van der Waals surface area contributed by atoms with Crippen LogP contribution in [0.3, 0.4) is 0 Å². The van der Waals surface area contributed by atoms with Gasteiger partial charge in [0.2, 0.25) is 0 Å². The summed E-state index contributed by atoms with van der Waals surface area (Å²) in [7, 11) is -3.67. The first kappa shape index (κ1) is 21.9. The lowest BCUT2D eigenvalue weighted by molar-refractivity contribution is -0.122. The fraction of sp³-hybridized carbons (Fsp3) is 0.217.